The van der Waals surface area contributed by atoms with E-state index in [-0.39, 0.29) is 42.4 Å². The van der Waals surface area contributed by atoms with Crippen LogP contribution in [0, 0.1) is 5.41 Å². The van der Waals surface area contributed by atoms with E-state index in [9.17, 15) is 29.5 Å². The van der Waals surface area contributed by atoms with Crippen LogP contribution in [-0.2, 0) is 29.7 Å². The number of anilines is 1. The number of aromatic nitrogens is 4. The number of nitrogens with one attached hydrogen (secondary N) is 1. The molecule has 6 N–H and O–H groups in total. The average Bonchev–Trinajstić information content (AvgIpc) is 3.47. The number of thioether (sulfide) groups is 1. The summed E-state index contributed by atoms with van der Waals surface area (Å²) in [4.78, 5) is 32.1. The molecule has 230 valence electrons. The molecule has 15 nitrogen and oxygen atoms in total. The van der Waals surface area contributed by atoms with E-state index in [0.717, 1.165) is 21.7 Å². The molecule has 1 aromatic carbocycles. The van der Waals surface area contributed by atoms with Gasteiger partial charge in [0.25, 0.3) is 0 Å². The molecule has 0 spiro atoms. The summed E-state index contributed by atoms with van der Waals surface area (Å²) in [6.45, 7) is 3.80. The molecular weight excluding hydrogens is 591 g/mol. The Morgan fingerprint density at radius 1 is 1.26 bits per heavy atom. The molecule has 2 aromatic heterocycles. The van der Waals surface area contributed by atoms with Gasteiger partial charge in [-0.15, -0.1) is 0 Å². The Kier molecular flexibility index (Phi) is 9.92. The van der Waals surface area contributed by atoms with Gasteiger partial charge in [0, 0.05) is 24.7 Å². The van der Waals surface area contributed by atoms with E-state index in [4.69, 9.17) is 19.5 Å². The number of rotatable bonds is 13. The Bertz CT molecular complexity index is 1500. The minimum Gasteiger partial charge on any atom is -0.395 e. The molecule has 17 heteroatoms. The van der Waals surface area contributed by atoms with Gasteiger partial charge in [-0.2, -0.15) is 9.97 Å². The summed E-state index contributed by atoms with van der Waals surface area (Å²) in [5.41, 5.74) is 2.93. The second-order valence-electron chi connectivity index (χ2n) is 10.6. The normalized spacial score (nSPS) is 24.2. The number of nitrogens with zero attached hydrogens (tertiary/aromatic N) is 4. The van der Waals surface area contributed by atoms with E-state index in [1.54, 1.807) is 13.8 Å². The van der Waals surface area contributed by atoms with Crippen LogP contribution in [0.1, 0.15) is 32.6 Å². The van der Waals surface area contributed by atoms with Crippen LogP contribution in [0.25, 0.3) is 5.78 Å². The highest BCUT2D eigenvalue weighted by Crippen LogP contribution is 2.46. The molecule has 1 saturated heterocycles. The molecule has 1 aliphatic heterocycles. The van der Waals surface area contributed by atoms with Gasteiger partial charge in [0.15, 0.2) is 11.3 Å². The quantitative estimate of drug-likeness (QED) is 0.131. The Labute approximate surface area is 245 Å². The van der Waals surface area contributed by atoms with Crippen LogP contribution in [0.2, 0.25) is 0 Å². The lowest BCUT2D eigenvalue weighted by atomic mass is 9.97. The molecule has 0 saturated carbocycles. The van der Waals surface area contributed by atoms with E-state index < -0.39 is 49.5 Å². The second-order valence-corrected chi connectivity index (χ2v) is 13.5. The van der Waals surface area contributed by atoms with E-state index in [1.807, 2.05) is 30.3 Å². The zero-order valence-electron chi connectivity index (χ0n) is 23.3. The molecule has 1 fully saturated rings. The van der Waals surface area contributed by atoms with Gasteiger partial charge in [0.05, 0.1) is 25.2 Å². The van der Waals surface area contributed by atoms with Crippen molar-refractivity contribution in [3.63, 3.8) is 0 Å². The summed E-state index contributed by atoms with van der Waals surface area (Å²) in [5, 5.41) is 34.0. The molecule has 5 atom stereocenters. The highest BCUT2D eigenvalue weighted by Gasteiger charge is 2.54. The molecule has 3 aromatic rings. The molecule has 0 bridgehead atoms. The van der Waals surface area contributed by atoms with Gasteiger partial charge < -0.3 is 25.8 Å². The van der Waals surface area contributed by atoms with Crippen molar-refractivity contribution in [2.75, 3.05) is 31.3 Å². The van der Waals surface area contributed by atoms with Crippen molar-refractivity contribution < 1.29 is 38.5 Å². The van der Waals surface area contributed by atoms with Crippen molar-refractivity contribution in [1.82, 2.24) is 24.0 Å². The van der Waals surface area contributed by atoms with Gasteiger partial charge in [0.1, 0.15) is 17.8 Å². The second kappa shape index (κ2) is 12.9. The summed E-state index contributed by atoms with van der Waals surface area (Å²) in [7, 11) is -4.03. The first-order chi connectivity index (χ1) is 19.8. The molecule has 1 aliphatic rings. The number of hydrogen-bond acceptors (Lipinski definition) is 13. The van der Waals surface area contributed by atoms with E-state index in [0.29, 0.717) is 0 Å². The standard InChI is InChI=1S/C25H35N6O9PS/c1-24(2,15-32)20(34)42-12-11-38-41(37,27-13-16-7-5-4-6-8-16)39-14-17-18(33)25(3,36)19(40-17)30-9-10-31-22(30)28-21(26)29-23(31)35/h4-10,17-19,32-33,36H,11-15H2,1-3H3,(H,27,37)(H2,26,29,35)/t17-,18+,19-,25?,41?/m1/s1. The van der Waals surface area contributed by atoms with Crippen LogP contribution >= 0.6 is 19.5 Å². The SMILES string of the molecule is CC(C)(CO)C(=O)SCCOP(=O)(NCc1ccccc1)OC[C@H]1O[C@@H](n2ccn3c(=O)nc(N)nc23)C(C)(O)[C@H]1O. The number of hydrogen-bond donors (Lipinski definition) is 5. The fraction of sp³-hybridized carbons (Fsp3) is 0.520. The van der Waals surface area contributed by atoms with Crippen LogP contribution in [0.5, 0.6) is 0 Å². The predicted molar refractivity (Wildman–Crippen MR) is 153 cm³/mol. The molecule has 4 rings (SSSR count). The van der Waals surface area contributed by atoms with Gasteiger partial charge in [-0.05, 0) is 26.3 Å². The van der Waals surface area contributed by atoms with Crippen LogP contribution in [0.4, 0.5) is 5.95 Å². The van der Waals surface area contributed by atoms with Crippen molar-refractivity contribution in [2.24, 2.45) is 5.41 Å². The van der Waals surface area contributed by atoms with Crippen molar-refractivity contribution in [3.05, 3.63) is 58.8 Å². The topological polar surface area (TPSA) is 213 Å². The monoisotopic (exact) mass is 626 g/mol. The zero-order chi connectivity index (χ0) is 30.7. The van der Waals surface area contributed by atoms with Crippen LogP contribution in [0.3, 0.4) is 0 Å². The Hall–Kier alpha value is -2.66. The third-order valence-corrected chi connectivity index (χ3v) is 9.46. The molecule has 3 heterocycles. The number of nitrogens with two attached hydrogens (primary N) is 1. The maximum Gasteiger partial charge on any atom is 0.405 e. The molecule has 0 aliphatic carbocycles. The van der Waals surface area contributed by atoms with Gasteiger partial charge >= 0.3 is 13.4 Å². The van der Waals surface area contributed by atoms with Gasteiger partial charge in [-0.1, -0.05) is 42.1 Å². The highest BCUT2D eigenvalue weighted by atomic mass is 32.2. The van der Waals surface area contributed by atoms with Crippen molar-refractivity contribution >= 4 is 36.3 Å². The summed E-state index contributed by atoms with van der Waals surface area (Å²) < 4.78 is 33.3. The van der Waals surface area contributed by atoms with Crippen molar-refractivity contribution in [2.45, 2.75) is 51.4 Å². The highest BCUT2D eigenvalue weighted by molar-refractivity contribution is 8.13. The Morgan fingerprint density at radius 3 is 2.67 bits per heavy atom. The molecule has 0 radical (unpaired) electrons. The van der Waals surface area contributed by atoms with Crippen LogP contribution in [-0.4, -0.2) is 82.8 Å². The number of aliphatic hydroxyl groups is 3. The number of ether oxygens (including phenoxy) is 1. The number of nitrogen functional groups attached to an aromatic ring is 1. The molecular formula is C25H35N6O9PS. The smallest absolute Gasteiger partial charge is 0.395 e. The van der Waals surface area contributed by atoms with Crippen molar-refractivity contribution in [1.29, 1.82) is 0 Å². The first-order valence-electron chi connectivity index (χ1n) is 13.0. The number of aliphatic hydroxyl groups excluding tert-OH is 2. The first kappa shape index (κ1) is 32.3. The fourth-order valence-corrected chi connectivity index (χ4v) is 6.37. The number of carbonyl (C=O) groups excluding carboxylic acids is 1. The fourth-order valence-electron chi connectivity index (χ4n) is 4.13. The van der Waals surface area contributed by atoms with Gasteiger partial charge in [-0.25, -0.2) is 18.8 Å². The summed E-state index contributed by atoms with van der Waals surface area (Å²) in [6, 6.07) is 9.10. The van der Waals surface area contributed by atoms with Gasteiger partial charge in [-0.3, -0.25) is 18.4 Å². The lowest BCUT2D eigenvalue weighted by Crippen LogP contribution is -2.44. The zero-order valence-corrected chi connectivity index (χ0v) is 25.0. The average molecular weight is 627 g/mol. The summed E-state index contributed by atoms with van der Waals surface area (Å²) >= 11 is 0.936. The number of benzene rings is 1. The van der Waals surface area contributed by atoms with Crippen molar-refractivity contribution in [3.8, 4) is 0 Å². The molecule has 0 amide bonds. The third-order valence-electron chi connectivity index (χ3n) is 6.71. The maximum atomic E-state index is 13.7. The number of fused-ring (bicyclic) bond motifs is 1. The van der Waals surface area contributed by atoms with Crippen LogP contribution in [0.15, 0.2) is 47.5 Å². The lowest BCUT2D eigenvalue weighted by molar-refractivity contribution is -0.119. The number of carbonyl (C=O) groups is 1. The minimum atomic E-state index is -4.03. The largest absolute Gasteiger partial charge is 0.405 e. The lowest BCUT2D eigenvalue weighted by Gasteiger charge is -2.27. The summed E-state index contributed by atoms with van der Waals surface area (Å²) in [5.74, 6) is -0.102. The van der Waals surface area contributed by atoms with E-state index in [1.165, 1.54) is 23.9 Å². The summed E-state index contributed by atoms with van der Waals surface area (Å²) in [6.07, 6.45) is -1.11. The van der Waals surface area contributed by atoms with Gasteiger partial charge in [0.2, 0.25) is 11.7 Å². The van der Waals surface area contributed by atoms with Crippen LogP contribution < -0.4 is 16.5 Å². The van der Waals surface area contributed by atoms with E-state index in [2.05, 4.69) is 15.1 Å². The Balaban J connectivity index is 1.46. The maximum absolute atomic E-state index is 13.7. The molecule has 42 heavy (non-hydrogen) atoms. The first-order valence-corrected chi connectivity index (χ1v) is 15.5. The van der Waals surface area contributed by atoms with E-state index >= 15 is 0 Å². The number of imidazole rings is 1. The third kappa shape index (κ3) is 7.10. The predicted octanol–water partition coefficient (Wildman–Crippen LogP) is 0.692. The molecule has 2 unspecified atom stereocenters. The Morgan fingerprint density at radius 2 is 1.98 bits per heavy atom. The minimum absolute atomic E-state index is 0.0292.